The Morgan fingerprint density at radius 3 is 2.88 bits per heavy atom. The molecule has 1 aliphatic heterocycles. The lowest BCUT2D eigenvalue weighted by Gasteiger charge is -2.27. The summed E-state index contributed by atoms with van der Waals surface area (Å²) in [5, 5.41) is 6.37. The Kier molecular flexibility index (Phi) is 5.45. The lowest BCUT2D eigenvalue weighted by Crippen LogP contribution is -2.43. The van der Waals surface area contributed by atoms with Gasteiger partial charge in [0.1, 0.15) is 24.0 Å². The van der Waals surface area contributed by atoms with Crippen LogP contribution in [0.3, 0.4) is 0 Å². The first kappa shape index (κ1) is 17.2. The number of aromatic nitrogens is 2. The maximum atomic E-state index is 11.9. The Labute approximate surface area is 147 Å². The van der Waals surface area contributed by atoms with Crippen LogP contribution in [0.15, 0.2) is 42.7 Å². The van der Waals surface area contributed by atoms with Gasteiger partial charge in [-0.05, 0) is 18.4 Å². The van der Waals surface area contributed by atoms with Gasteiger partial charge in [0, 0.05) is 32.2 Å². The Balaban J connectivity index is 1.69. The Hall–Kier alpha value is -2.67. The number of nitrogens with zero attached hydrogens (tertiary/aromatic N) is 3. The lowest BCUT2D eigenvalue weighted by molar-refractivity contribution is -0.120. The van der Waals surface area contributed by atoms with Crippen molar-refractivity contribution in [2.75, 3.05) is 30.4 Å². The topological polar surface area (TPSA) is 96.2 Å². The third-order valence-corrected chi connectivity index (χ3v) is 4.56. The summed E-state index contributed by atoms with van der Waals surface area (Å²) >= 11 is 0. The van der Waals surface area contributed by atoms with Crippen LogP contribution < -0.4 is 21.3 Å². The van der Waals surface area contributed by atoms with Crippen LogP contribution in [-0.4, -0.2) is 42.1 Å². The van der Waals surface area contributed by atoms with Crippen molar-refractivity contribution in [3.05, 3.63) is 48.3 Å². The molecule has 0 radical (unpaired) electrons. The minimum absolute atomic E-state index is 0.269. The zero-order valence-electron chi connectivity index (χ0n) is 14.4. The number of nitrogens with two attached hydrogens (primary N) is 1. The molecule has 7 nitrogen and oxygen atoms in total. The van der Waals surface area contributed by atoms with E-state index < -0.39 is 6.04 Å². The molecule has 1 amide bonds. The van der Waals surface area contributed by atoms with E-state index in [0.717, 1.165) is 36.6 Å². The van der Waals surface area contributed by atoms with E-state index in [1.807, 2.05) is 43.4 Å². The third kappa shape index (κ3) is 4.06. The Bertz CT molecular complexity index is 708. The van der Waals surface area contributed by atoms with Gasteiger partial charge < -0.3 is 21.3 Å². The van der Waals surface area contributed by atoms with Crippen LogP contribution in [0.5, 0.6) is 0 Å². The van der Waals surface area contributed by atoms with E-state index in [9.17, 15) is 4.79 Å². The highest BCUT2D eigenvalue weighted by atomic mass is 16.1. The van der Waals surface area contributed by atoms with Crippen LogP contribution >= 0.6 is 0 Å². The lowest BCUT2D eigenvalue weighted by atomic mass is 10.1. The van der Waals surface area contributed by atoms with Crippen molar-refractivity contribution in [3.63, 3.8) is 0 Å². The first-order valence-electron chi connectivity index (χ1n) is 8.53. The molecular weight excluding hydrogens is 316 g/mol. The fourth-order valence-electron chi connectivity index (χ4n) is 3.27. The van der Waals surface area contributed by atoms with Crippen LogP contribution in [0.4, 0.5) is 11.6 Å². The third-order valence-electron chi connectivity index (χ3n) is 4.56. The molecule has 1 aromatic heterocycles. The van der Waals surface area contributed by atoms with Crippen molar-refractivity contribution < 1.29 is 4.79 Å². The molecule has 1 saturated heterocycles. The van der Waals surface area contributed by atoms with Crippen molar-refractivity contribution >= 4 is 17.5 Å². The second-order valence-corrected chi connectivity index (χ2v) is 6.16. The zero-order valence-corrected chi connectivity index (χ0v) is 14.4. The fraction of sp³-hybridized carbons (Fsp3) is 0.389. The quantitative estimate of drug-likeness (QED) is 0.703. The number of hydrogen-bond acceptors (Lipinski definition) is 6. The highest BCUT2D eigenvalue weighted by Crippen LogP contribution is 2.25. The normalized spacial score (nSPS) is 18.1. The summed E-state index contributed by atoms with van der Waals surface area (Å²) in [4.78, 5) is 22.7. The van der Waals surface area contributed by atoms with E-state index in [-0.39, 0.29) is 11.9 Å². The standard InChI is InChI=1S/C18H24N6O/c1-20-15-10-16(23-12-22-15)24-9-5-8-14(24)11-21-17(18(19)25)13-6-3-2-4-7-13/h2-4,6-7,10,12,14,17,21H,5,8-9,11H2,1H3,(H2,19,25)(H,20,22,23)/t14-,17+/m0/s1. The Morgan fingerprint density at radius 2 is 2.16 bits per heavy atom. The van der Waals surface area contributed by atoms with Gasteiger partial charge in [0.15, 0.2) is 0 Å². The molecule has 4 N–H and O–H groups in total. The predicted octanol–water partition coefficient (Wildman–Crippen LogP) is 1.30. The molecule has 1 fully saturated rings. The first-order chi connectivity index (χ1) is 12.2. The summed E-state index contributed by atoms with van der Waals surface area (Å²) in [6.45, 7) is 1.61. The van der Waals surface area contributed by atoms with Gasteiger partial charge in [-0.1, -0.05) is 30.3 Å². The average molecular weight is 340 g/mol. The largest absolute Gasteiger partial charge is 0.373 e. The number of carbonyl (C=O) groups excluding carboxylic acids is 1. The molecule has 0 spiro atoms. The minimum Gasteiger partial charge on any atom is -0.373 e. The molecule has 132 valence electrons. The van der Waals surface area contributed by atoms with Crippen LogP contribution in [0, 0.1) is 0 Å². The van der Waals surface area contributed by atoms with Gasteiger partial charge >= 0.3 is 0 Å². The summed E-state index contributed by atoms with van der Waals surface area (Å²) in [5.41, 5.74) is 6.48. The zero-order chi connectivity index (χ0) is 17.6. The van der Waals surface area contributed by atoms with Gasteiger partial charge in [-0.3, -0.25) is 4.79 Å². The monoisotopic (exact) mass is 340 g/mol. The molecule has 2 atom stereocenters. The van der Waals surface area contributed by atoms with Gasteiger partial charge in [-0.25, -0.2) is 9.97 Å². The van der Waals surface area contributed by atoms with E-state index in [0.29, 0.717) is 6.54 Å². The molecule has 3 rings (SSSR count). The maximum absolute atomic E-state index is 11.9. The summed E-state index contributed by atoms with van der Waals surface area (Å²) < 4.78 is 0. The van der Waals surface area contributed by atoms with Crippen molar-refractivity contribution in [3.8, 4) is 0 Å². The van der Waals surface area contributed by atoms with Crippen LogP contribution in [0.1, 0.15) is 24.4 Å². The minimum atomic E-state index is -0.484. The Morgan fingerprint density at radius 1 is 1.36 bits per heavy atom. The van der Waals surface area contributed by atoms with Gasteiger partial charge in [0.05, 0.1) is 0 Å². The molecular formula is C18H24N6O. The highest BCUT2D eigenvalue weighted by Gasteiger charge is 2.27. The highest BCUT2D eigenvalue weighted by molar-refractivity contribution is 5.81. The average Bonchev–Trinajstić information content (AvgIpc) is 3.11. The molecule has 0 unspecified atom stereocenters. The van der Waals surface area contributed by atoms with Crippen LogP contribution in [0.25, 0.3) is 0 Å². The van der Waals surface area contributed by atoms with E-state index >= 15 is 0 Å². The van der Waals surface area contributed by atoms with Crippen molar-refractivity contribution in [1.29, 1.82) is 0 Å². The number of rotatable bonds is 7. The summed E-state index contributed by atoms with van der Waals surface area (Å²) in [7, 11) is 1.84. The molecule has 7 heteroatoms. The SMILES string of the molecule is CNc1cc(N2CCC[C@H]2CN[C@@H](C(N)=O)c2ccccc2)ncn1. The molecule has 0 aliphatic carbocycles. The molecule has 2 aromatic rings. The van der Waals surface area contributed by atoms with E-state index in [4.69, 9.17) is 5.73 Å². The summed E-state index contributed by atoms with van der Waals surface area (Å²) in [6.07, 6.45) is 3.71. The molecule has 25 heavy (non-hydrogen) atoms. The van der Waals surface area contributed by atoms with E-state index in [2.05, 4.69) is 25.5 Å². The number of benzene rings is 1. The first-order valence-corrected chi connectivity index (χ1v) is 8.53. The summed E-state index contributed by atoms with van der Waals surface area (Å²) in [6, 6.07) is 11.3. The number of amides is 1. The number of nitrogens with one attached hydrogen (secondary N) is 2. The van der Waals surface area contributed by atoms with Gasteiger partial charge in [0.2, 0.25) is 5.91 Å². The van der Waals surface area contributed by atoms with Gasteiger partial charge in [0.25, 0.3) is 0 Å². The molecule has 0 saturated carbocycles. The number of primary amides is 1. The number of anilines is 2. The second-order valence-electron chi connectivity index (χ2n) is 6.16. The van der Waals surface area contributed by atoms with Crippen LogP contribution in [-0.2, 0) is 4.79 Å². The second kappa shape index (κ2) is 7.94. The van der Waals surface area contributed by atoms with Crippen molar-refractivity contribution in [2.24, 2.45) is 5.73 Å². The molecule has 1 aromatic carbocycles. The molecule has 0 bridgehead atoms. The van der Waals surface area contributed by atoms with Crippen molar-refractivity contribution in [1.82, 2.24) is 15.3 Å². The van der Waals surface area contributed by atoms with E-state index in [1.165, 1.54) is 0 Å². The van der Waals surface area contributed by atoms with Crippen molar-refractivity contribution in [2.45, 2.75) is 24.9 Å². The maximum Gasteiger partial charge on any atom is 0.239 e. The molecule has 2 heterocycles. The molecule has 1 aliphatic rings. The van der Waals surface area contributed by atoms with Crippen LogP contribution in [0.2, 0.25) is 0 Å². The van der Waals surface area contributed by atoms with E-state index in [1.54, 1.807) is 6.33 Å². The summed E-state index contributed by atoms with van der Waals surface area (Å²) in [5.74, 6) is 1.33. The van der Waals surface area contributed by atoms with Gasteiger partial charge in [-0.2, -0.15) is 0 Å². The fourth-order valence-corrected chi connectivity index (χ4v) is 3.27. The number of carbonyl (C=O) groups is 1. The predicted molar refractivity (Wildman–Crippen MR) is 98.3 cm³/mol. The smallest absolute Gasteiger partial charge is 0.239 e. The number of hydrogen-bond donors (Lipinski definition) is 3. The van der Waals surface area contributed by atoms with Gasteiger partial charge in [-0.15, -0.1) is 0 Å².